The van der Waals surface area contributed by atoms with Gasteiger partial charge in [-0.15, -0.1) is 0 Å². The van der Waals surface area contributed by atoms with Crippen molar-refractivity contribution >= 4 is 28.4 Å². The van der Waals surface area contributed by atoms with Crippen molar-refractivity contribution in [2.75, 3.05) is 36.5 Å². The van der Waals surface area contributed by atoms with Gasteiger partial charge in [0, 0.05) is 18.8 Å². The second-order valence-electron chi connectivity index (χ2n) is 6.34. The standard InChI is InChI=1S/C18H19FN6O2/c1-12-8-13(19)2-3-15(12)23-16(26)10-25-18-14(9-22-25)17(20-11-21-18)24-4-6-27-7-5-24/h2-3,8-9,11H,4-7,10H2,1H3,(H,23,26). The number of nitrogens with one attached hydrogen (secondary N) is 1. The SMILES string of the molecule is Cc1cc(F)ccc1NC(=O)Cn1ncc2c(N3CCOCC3)ncnc21. The van der Waals surface area contributed by atoms with E-state index in [4.69, 9.17) is 4.74 Å². The van der Waals surface area contributed by atoms with E-state index >= 15 is 0 Å². The Bertz CT molecular complexity index is 983. The second kappa shape index (κ2) is 7.28. The lowest BCUT2D eigenvalue weighted by Gasteiger charge is -2.27. The number of aryl methyl sites for hydroxylation is 1. The van der Waals surface area contributed by atoms with Crippen LogP contribution in [0.25, 0.3) is 11.0 Å². The van der Waals surface area contributed by atoms with Crippen LogP contribution in [0.4, 0.5) is 15.9 Å². The fourth-order valence-electron chi connectivity index (χ4n) is 3.12. The number of rotatable bonds is 4. The Hall–Kier alpha value is -3.07. The molecular formula is C18H19FN6O2. The van der Waals surface area contributed by atoms with Crippen molar-refractivity contribution in [2.24, 2.45) is 0 Å². The lowest BCUT2D eigenvalue weighted by molar-refractivity contribution is -0.116. The van der Waals surface area contributed by atoms with Gasteiger partial charge in [-0.1, -0.05) is 0 Å². The lowest BCUT2D eigenvalue weighted by atomic mass is 10.2. The number of carbonyl (C=O) groups is 1. The van der Waals surface area contributed by atoms with Gasteiger partial charge in [0.25, 0.3) is 0 Å². The first-order valence-corrected chi connectivity index (χ1v) is 8.67. The summed E-state index contributed by atoms with van der Waals surface area (Å²) in [6.45, 7) is 4.55. The number of morpholine rings is 1. The lowest BCUT2D eigenvalue weighted by Crippen LogP contribution is -2.36. The molecule has 1 amide bonds. The molecule has 3 heterocycles. The van der Waals surface area contributed by atoms with E-state index < -0.39 is 0 Å². The first-order chi connectivity index (χ1) is 13.1. The van der Waals surface area contributed by atoms with Crippen LogP contribution in [-0.2, 0) is 16.1 Å². The largest absolute Gasteiger partial charge is 0.378 e. The molecule has 1 aliphatic heterocycles. The molecule has 2 aromatic heterocycles. The van der Waals surface area contributed by atoms with E-state index in [1.807, 2.05) is 0 Å². The summed E-state index contributed by atoms with van der Waals surface area (Å²) in [6, 6.07) is 4.23. The van der Waals surface area contributed by atoms with Gasteiger partial charge in [-0.2, -0.15) is 5.10 Å². The quantitative estimate of drug-likeness (QED) is 0.753. The van der Waals surface area contributed by atoms with Crippen LogP contribution in [0.2, 0.25) is 0 Å². The zero-order valence-electron chi connectivity index (χ0n) is 14.9. The highest BCUT2D eigenvalue weighted by Gasteiger charge is 2.19. The first-order valence-electron chi connectivity index (χ1n) is 8.67. The molecule has 0 atom stereocenters. The zero-order valence-corrected chi connectivity index (χ0v) is 14.9. The molecule has 1 N–H and O–H groups in total. The Morgan fingerprint density at radius 3 is 2.89 bits per heavy atom. The molecule has 140 valence electrons. The van der Waals surface area contributed by atoms with Crippen molar-refractivity contribution in [3.8, 4) is 0 Å². The van der Waals surface area contributed by atoms with Gasteiger partial charge in [0.05, 0.1) is 24.8 Å². The predicted octanol–water partition coefficient (Wildman–Crippen LogP) is 1.75. The summed E-state index contributed by atoms with van der Waals surface area (Å²) in [6.07, 6.45) is 3.16. The van der Waals surface area contributed by atoms with Crippen molar-refractivity contribution in [3.63, 3.8) is 0 Å². The summed E-state index contributed by atoms with van der Waals surface area (Å²) in [5, 5.41) is 7.88. The summed E-state index contributed by atoms with van der Waals surface area (Å²) >= 11 is 0. The van der Waals surface area contributed by atoms with Crippen molar-refractivity contribution in [1.29, 1.82) is 0 Å². The highest BCUT2D eigenvalue weighted by Crippen LogP contribution is 2.23. The van der Waals surface area contributed by atoms with Gasteiger partial charge in [-0.05, 0) is 30.7 Å². The number of aromatic nitrogens is 4. The smallest absolute Gasteiger partial charge is 0.246 e. The fourth-order valence-corrected chi connectivity index (χ4v) is 3.12. The number of hydrogen-bond acceptors (Lipinski definition) is 6. The summed E-state index contributed by atoms with van der Waals surface area (Å²) in [5.74, 6) is 0.196. The van der Waals surface area contributed by atoms with Crippen molar-refractivity contribution in [2.45, 2.75) is 13.5 Å². The van der Waals surface area contributed by atoms with Crippen LogP contribution in [0.1, 0.15) is 5.56 Å². The van der Waals surface area contributed by atoms with E-state index in [2.05, 4.69) is 25.3 Å². The van der Waals surface area contributed by atoms with E-state index in [0.717, 1.165) is 24.3 Å². The molecule has 0 bridgehead atoms. The van der Waals surface area contributed by atoms with Crippen molar-refractivity contribution in [3.05, 3.63) is 42.1 Å². The Labute approximate surface area is 155 Å². The molecule has 1 saturated heterocycles. The molecule has 0 radical (unpaired) electrons. The number of fused-ring (bicyclic) bond motifs is 1. The molecule has 3 aromatic rings. The Morgan fingerprint density at radius 1 is 1.30 bits per heavy atom. The number of carbonyl (C=O) groups excluding carboxylic acids is 1. The minimum absolute atomic E-state index is 0.000118. The zero-order chi connectivity index (χ0) is 18.8. The molecule has 27 heavy (non-hydrogen) atoms. The molecule has 0 aliphatic carbocycles. The van der Waals surface area contributed by atoms with Crippen molar-refractivity contribution < 1.29 is 13.9 Å². The second-order valence-corrected chi connectivity index (χ2v) is 6.34. The maximum atomic E-state index is 13.2. The fraction of sp³-hybridized carbons (Fsp3) is 0.333. The van der Waals surface area contributed by atoms with Crippen LogP contribution in [0.5, 0.6) is 0 Å². The van der Waals surface area contributed by atoms with Gasteiger partial charge in [-0.25, -0.2) is 19.0 Å². The molecule has 9 heteroatoms. The molecular weight excluding hydrogens is 351 g/mol. The van der Waals surface area contributed by atoms with Crippen LogP contribution in [-0.4, -0.2) is 52.0 Å². The van der Waals surface area contributed by atoms with E-state index in [-0.39, 0.29) is 18.3 Å². The Morgan fingerprint density at radius 2 is 2.11 bits per heavy atom. The van der Waals surface area contributed by atoms with E-state index in [0.29, 0.717) is 30.1 Å². The number of halogens is 1. The number of nitrogens with zero attached hydrogens (tertiary/aromatic N) is 5. The normalized spacial score (nSPS) is 14.5. The van der Waals surface area contributed by atoms with Gasteiger partial charge in [-0.3, -0.25) is 4.79 Å². The molecule has 1 aliphatic rings. The van der Waals surface area contributed by atoms with Crippen LogP contribution in [0, 0.1) is 12.7 Å². The summed E-state index contributed by atoms with van der Waals surface area (Å²) in [7, 11) is 0. The minimum Gasteiger partial charge on any atom is -0.378 e. The summed E-state index contributed by atoms with van der Waals surface area (Å²) < 4.78 is 20.1. The van der Waals surface area contributed by atoms with Crippen LogP contribution in [0.3, 0.4) is 0 Å². The number of anilines is 2. The minimum atomic E-state index is -0.337. The molecule has 1 aromatic carbocycles. The third-order valence-electron chi connectivity index (χ3n) is 4.48. The average Bonchev–Trinajstić information content (AvgIpc) is 3.08. The summed E-state index contributed by atoms with van der Waals surface area (Å²) in [5.41, 5.74) is 1.82. The van der Waals surface area contributed by atoms with Gasteiger partial charge < -0.3 is 15.0 Å². The molecule has 8 nitrogen and oxygen atoms in total. The number of hydrogen-bond donors (Lipinski definition) is 1. The molecule has 0 unspecified atom stereocenters. The van der Waals surface area contributed by atoms with Gasteiger partial charge in [0.2, 0.25) is 5.91 Å². The highest BCUT2D eigenvalue weighted by atomic mass is 19.1. The van der Waals surface area contributed by atoms with E-state index in [1.165, 1.54) is 23.1 Å². The number of ether oxygens (including phenoxy) is 1. The number of amides is 1. The molecule has 0 saturated carbocycles. The molecule has 4 rings (SSSR count). The monoisotopic (exact) mass is 370 g/mol. The molecule has 1 fully saturated rings. The van der Waals surface area contributed by atoms with Gasteiger partial charge in [0.15, 0.2) is 5.65 Å². The molecule has 0 spiro atoms. The third-order valence-corrected chi connectivity index (χ3v) is 4.48. The third kappa shape index (κ3) is 3.59. The highest BCUT2D eigenvalue weighted by molar-refractivity contribution is 5.93. The van der Waals surface area contributed by atoms with Crippen LogP contribution in [0.15, 0.2) is 30.7 Å². The maximum absolute atomic E-state index is 13.2. The average molecular weight is 370 g/mol. The van der Waals surface area contributed by atoms with Crippen molar-refractivity contribution in [1.82, 2.24) is 19.7 Å². The first kappa shape index (κ1) is 17.3. The van der Waals surface area contributed by atoms with E-state index in [9.17, 15) is 9.18 Å². The van der Waals surface area contributed by atoms with E-state index in [1.54, 1.807) is 19.2 Å². The van der Waals surface area contributed by atoms with Crippen LogP contribution < -0.4 is 10.2 Å². The number of benzene rings is 1. The van der Waals surface area contributed by atoms with Crippen LogP contribution >= 0.6 is 0 Å². The summed E-state index contributed by atoms with van der Waals surface area (Å²) in [4.78, 5) is 23.2. The Kier molecular flexibility index (Phi) is 4.68. The maximum Gasteiger partial charge on any atom is 0.246 e. The van der Waals surface area contributed by atoms with Gasteiger partial charge in [0.1, 0.15) is 24.5 Å². The van der Waals surface area contributed by atoms with Gasteiger partial charge >= 0.3 is 0 Å². The predicted molar refractivity (Wildman–Crippen MR) is 98.1 cm³/mol. The topological polar surface area (TPSA) is 85.2 Å². The Balaban J connectivity index is 1.54.